The summed E-state index contributed by atoms with van der Waals surface area (Å²) in [6.07, 6.45) is 7.06. The van der Waals surface area contributed by atoms with E-state index in [4.69, 9.17) is 5.73 Å². The molecule has 1 aromatic rings. The Balaban J connectivity index is 1.91. The van der Waals surface area contributed by atoms with Crippen LogP contribution < -0.4 is 11.1 Å². The van der Waals surface area contributed by atoms with Gasteiger partial charge in [-0.2, -0.15) is 11.8 Å². The first kappa shape index (κ1) is 13.8. The molecule has 1 aromatic heterocycles. The third-order valence-corrected chi connectivity index (χ3v) is 5.77. The lowest BCUT2D eigenvalue weighted by Gasteiger charge is -2.26. The molecule has 6 heteroatoms. The van der Waals surface area contributed by atoms with Crippen molar-refractivity contribution in [2.24, 2.45) is 5.73 Å². The second kappa shape index (κ2) is 6.04. The van der Waals surface area contributed by atoms with Gasteiger partial charge in [0.1, 0.15) is 10.7 Å². The van der Waals surface area contributed by atoms with Crippen molar-refractivity contribution in [3.8, 4) is 0 Å². The molecule has 4 nitrogen and oxygen atoms in total. The molecule has 0 spiro atoms. The summed E-state index contributed by atoms with van der Waals surface area (Å²) in [6.45, 7) is 1.13. The van der Waals surface area contributed by atoms with E-state index in [2.05, 4.69) is 16.6 Å². The third kappa shape index (κ3) is 3.05. The Kier molecular flexibility index (Phi) is 4.64. The molecule has 3 N–H and O–H groups in total. The second-order valence-electron chi connectivity index (χ2n) is 4.61. The summed E-state index contributed by atoms with van der Waals surface area (Å²) in [5, 5.41) is 5.60. The topological polar surface area (TPSA) is 68.0 Å². The van der Waals surface area contributed by atoms with Crippen LogP contribution in [0.4, 0.5) is 0 Å². The molecule has 1 amide bonds. The Hall–Kier alpha value is -0.590. The van der Waals surface area contributed by atoms with E-state index < -0.39 is 0 Å². The van der Waals surface area contributed by atoms with Gasteiger partial charge in [-0.15, -0.1) is 11.3 Å². The van der Waals surface area contributed by atoms with E-state index in [9.17, 15) is 4.79 Å². The van der Waals surface area contributed by atoms with Gasteiger partial charge in [0.2, 0.25) is 0 Å². The molecule has 0 unspecified atom stereocenters. The number of thiazole rings is 1. The molecular formula is C12H19N3OS2. The predicted octanol–water partition coefficient (Wildman–Crippen LogP) is 2.01. The highest BCUT2D eigenvalue weighted by Crippen LogP contribution is 2.39. The third-order valence-electron chi connectivity index (χ3n) is 3.48. The van der Waals surface area contributed by atoms with E-state index in [1.807, 2.05) is 11.8 Å². The Labute approximate surface area is 116 Å². The van der Waals surface area contributed by atoms with Crippen molar-refractivity contribution >= 4 is 29.0 Å². The van der Waals surface area contributed by atoms with Crippen molar-refractivity contribution in [1.29, 1.82) is 0 Å². The number of hydrogen-bond donors (Lipinski definition) is 2. The maximum Gasteiger partial charge on any atom is 0.270 e. The minimum Gasteiger partial charge on any atom is -0.349 e. The summed E-state index contributed by atoms with van der Waals surface area (Å²) >= 11 is 3.31. The second-order valence-corrected chi connectivity index (χ2v) is 6.82. The van der Waals surface area contributed by atoms with Crippen LogP contribution >= 0.6 is 23.1 Å². The van der Waals surface area contributed by atoms with Crippen LogP contribution in [0.1, 0.15) is 41.2 Å². The number of hydrogen-bond acceptors (Lipinski definition) is 5. The van der Waals surface area contributed by atoms with Gasteiger partial charge in [0.15, 0.2) is 0 Å². The molecular weight excluding hydrogens is 266 g/mol. The highest BCUT2D eigenvalue weighted by atomic mass is 32.2. The molecule has 0 bridgehead atoms. The minimum atomic E-state index is -0.0775. The fraction of sp³-hybridized carbons (Fsp3) is 0.667. The van der Waals surface area contributed by atoms with Crippen molar-refractivity contribution < 1.29 is 4.79 Å². The lowest BCUT2D eigenvalue weighted by atomic mass is 10.1. The SMILES string of the molecule is CSC1(CNC(=O)c2csc(CN)n2)CCCC1. The molecule has 1 aliphatic rings. The number of nitrogens with two attached hydrogens (primary N) is 1. The van der Waals surface area contributed by atoms with Gasteiger partial charge in [-0.3, -0.25) is 4.79 Å². The summed E-state index contributed by atoms with van der Waals surface area (Å²) in [5.41, 5.74) is 5.99. The normalized spacial score (nSPS) is 17.9. The molecule has 0 aliphatic heterocycles. The van der Waals surface area contributed by atoms with Gasteiger partial charge in [0.25, 0.3) is 5.91 Å². The standard InChI is InChI=1S/C12H19N3OS2/c1-17-12(4-2-3-5-12)8-14-11(16)9-7-18-10(6-13)15-9/h7H,2-6,8,13H2,1H3,(H,14,16). The van der Waals surface area contributed by atoms with Crippen LogP contribution in [0.15, 0.2) is 5.38 Å². The maximum atomic E-state index is 12.0. The van der Waals surface area contributed by atoms with Crippen LogP contribution in [0, 0.1) is 0 Å². The van der Waals surface area contributed by atoms with Crippen LogP contribution in [0.3, 0.4) is 0 Å². The summed E-state index contributed by atoms with van der Waals surface area (Å²) in [6, 6.07) is 0. The highest BCUT2D eigenvalue weighted by Gasteiger charge is 2.33. The summed E-state index contributed by atoms with van der Waals surface area (Å²) < 4.78 is 0.238. The van der Waals surface area contributed by atoms with Gasteiger partial charge < -0.3 is 11.1 Å². The average molecular weight is 285 g/mol. The van der Waals surface area contributed by atoms with Crippen LogP contribution in [0.5, 0.6) is 0 Å². The first-order chi connectivity index (χ1) is 8.69. The van der Waals surface area contributed by atoms with Crippen LogP contribution in [-0.2, 0) is 6.54 Å². The lowest BCUT2D eigenvalue weighted by molar-refractivity contribution is 0.0945. The monoisotopic (exact) mass is 285 g/mol. The molecule has 1 heterocycles. The summed E-state index contributed by atoms with van der Waals surface area (Å²) in [4.78, 5) is 16.2. The van der Waals surface area contributed by atoms with Crippen LogP contribution in [-0.4, -0.2) is 28.4 Å². The smallest absolute Gasteiger partial charge is 0.270 e. The molecule has 2 rings (SSSR count). The van der Waals surface area contributed by atoms with Crippen molar-refractivity contribution in [3.05, 3.63) is 16.1 Å². The van der Waals surface area contributed by atoms with E-state index in [1.165, 1.54) is 37.0 Å². The number of rotatable bonds is 5. The van der Waals surface area contributed by atoms with E-state index in [0.29, 0.717) is 12.2 Å². The first-order valence-electron chi connectivity index (χ1n) is 6.17. The number of thioether (sulfide) groups is 1. The van der Waals surface area contributed by atoms with Gasteiger partial charge in [-0.25, -0.2) is 4.98 Å². The van der Waals surface area contributed by atoms with E-state index in [0.717, 1.165) is 11.6 Å². The Morgan fingerprint density at radius 1 is 1.61 bits per heavy atom. The maximum absolute atomic E-state index is 12.0. The molecule has 0 atom stereocenters. The zero-order valence-electron chi connectivity index (χ0n) is 10.6. The molecule has 0 saturated heterocycles. The number of aromatic nitrogens is 1. The molecule has 1 saturated carbocycles. The van der Waals surface area contributed by atoms with Crippen molar-refractivity contribution in [2.45, 2.75) is 37.0 Å². The molecule has 1 aliphatic carbocycles. The molecule has 0 radical (unpaired) electrons. The number of carbonyl (C=O) groups is 1. The summed E-state index contributed by atoms with van der Waals surface area (Å²) in [5.74, 6) is -0.0775. The Morgan fingerprint density at radius 2 is 2.33 bits per heavy atom. The van der Waals surface area contributed by atoms with Crippen molar-refractivity contribution in [1.82, 2.24) is 10.3 Å². The van der Waals surface area contributed by atoms with Gasteiger partial charge >= 0.3 is 0 Å². The number of nitrogens with zero attached hydrogens (tertiary/aromatic N) is 1. The van der Waals surface area contributed by atoms with Crippen LogP contribution in [0.25, 0.3) is 0 Å². The van der Waals surface area contributed by atoms with E-state index in [1.54, 1.807) is 5.38 Å². The van der Waals surface area contributed by atoms with Gasteiger partial charge in [-0.05, 0) is 19.1 Å². The number of amides is 1. The van der Waals surface area contributed by atoms with Gasteiger partial charge in [0.05, 0.1) is 0 Å². The lowest BCUT2D eigenvalue weighted by Crippen LogP contribution is -2.38. The predicted molar refractivity (Wildman–Crippen MR) is 77.1 cm³/mol. The zero-order chi connectivity index (χ0) is 13.0. The Bertz CT molecular complexity index is 413. The fourth-order valence-electron chi connectivity index (χ4n) is 2.31. The van der Waals surface area contributed by atoms with Gasteiger partial charge in [0, 0.05) is 23.2 Å². The molecule has 0 aromatic carbocycles. The van der Waals surface area contributed by atoms with Gasteiger partial charge in [-0.1, -0.05) is 12.8 Å². The largest absolute Gasteiger partial charge is 0.349 e. The quantitative estimate of drug-likeness (QED) is 0.868. The molecule has 1 fully saturated rings. The number of nitrogens with one attached hydrogen (secondary N) is 1. The highest BCUT2D eigenvalue weighted by molar-refractivity contribution is 8.00. The zero-order valence-corrected chi connectivity index (χ0v) is 12.2. The molecule has 100 valence electrons. The Morgan fingerprint density at radius 3 is 2.89 bits per heavy atom. The summed E-state index contributed by atoms with van der Waals surface area (Å²) in [7, 11) is 0. The first-order valence-corrected chi connectivity index (χ1v) is 8.27. The molecule has 18 heavy (non-hydrogen) atoms. The van der Waals surface area contributed by atoms with E-state index >= 15 is 0 Å². The van der Waals surface area contributed by atoms with E-state index in [-0.39, 0.29) is 10.7 Å². The average Bonchev–Trinajstić information content (AvgIpc) is 3.05. The minimum absolute atomic E-state index is 0.0775. The van der Waals surface area contributed by atoms with Crippen LogP contribution in [0.2, 0.25) is 0 Å². The number of carbonyl (C=O) groups excluding carboxylic acids is 1. The van der Waals surface area contributed by atoms with Crippen molar-refractivity contribution in [2.75, 3.05) is 12.8 Å². The fourth-order valence-corrected chi connectivity index (χ4v) is 3.88. The van der Waals surface area contributed by atoms with Crippen molar-refractivity contribution in [3.63, 3.8) is 0 Å².